The highest BCUT2D eigenvalue weighted by molar-refractivity contribution is 6.66. The molecule has 118 valence electrons. The van der Waals surface area contributed by atoms with E-state index >= 15 is 0 Å². The van der Waals surface area contributed by atoms with Crippen molar-refractivity contribution in [3.63, 3.8) is 0 Å². The minimum absolute atomic E-state index is 0.191. The van der Waals surface area contributed by atoms with E-state index in [0.29, 0.717) is 0 Å². The molecule has 5 heteroatoms. The molecule has 2 heterocycles. The average Bonchev–Trinajstić information content (AvgIpc) is 2.65. The van der Waals surface area contributed by atoms with Crippen LogP contribution >= 0.6 is 0 Å². The molecule has 0 bridgehead atoms. The first kappa shape index (κ1) is 16.4. The fourth-order valence-corrected chi connectivity index (χ4v) is 5.84. The van der Waals surface area contributed by atoms with E-state index in [2.05, 4.69) is 18.4 Å². The summed E-state index contributed by atoms with van der Waals surface area (Å²) < 4.78 is 18.2. The first-order valence-electron chi connectivity index (χ1n) is 8.34. The van der Waals surface area contributed by atoms with Gasteiger partial charge in [0.25, 0.3) is 0 Å². The Kier molecular flexibility index (Phi) is 6.97. The van der Waals surface area contributed by atoms with E-state index in [1.165, 1.54) is 38.8 Å². The van der Waals surface area contributed by atoms with Gasteiger partial charge in [0.05, 0.1) is 12.7 Å². The van der Waals surface area contributed by atoms with Crippen LogP contribution < -0.4 is 0 Å². The largest absolute Gasteiger partial charge is 0.395 e. The molecule has 0 aliphatic carbocycles. The van der Waals surface area contributed by atoms with Gasteiger partial charge < -0.3 is 18.5 Å². The molecule has 2 aliphatic heterocycles. The Bertz CT molecular complexity index is 272. The summed E-state index contributed by atoms with van der Waals surface area (Å²) in [4.78, 5) is 2.56. The van der Waals surface area contributed by atoms with E-state index in [9.17, 15) is 0 Å². The summed E-state index contributed by atoms with van der Waals surface area (Å²) in [7, 11) is -1.99. The van der Waals surface area contributed by atoms with Crippen molar-refractivity contribution in [3.8, 4) is 0 Å². The second-order valence-electron chi connectivity index (χ2n) is 6.20. The molecule has 20 heavy (non-hydrogen) atoms. The molecule has 2 unspecified atom stereocenters. The second-order valence-corrected chi connectivity index (χ2v) is 9.49. The lowest BCUT2D eigenvalue weighted by molar-refractivity contribution is -0.00153. The minimum atomic E-state index is -1.99. The molecule has 2 fully saturated rings. The Morgan fingerprint density at radius 3 is 2.60 bits per heavy atom. The minimum Gasteiger partial charge on any atom is -0.395 e. The van der Waals surface area contributed by atoms with E-state index in [0.717, 1.165) is 38.8 Å². The quantitative estimate of drug-likeness (QED) is 0.747. The fourth-order valence-electron chi connectivity index (χ4n) is 3.26. The molecule has 2 rings (SSSR count). The first-order valence-corrected chi connectivity index (χ1v) is 10.9. The van der Waals surface area contributed by atoms with E-state index in [-0.39, 0.29) is 6.10 Å². The van der Waals surface area contributed by atoms with E-state index in [1.807, 2.05) is 0 Å². The number of ether oxygens (including phenoxy) is 1. The number of nitrogens with zero attached hydrogens (tertiary/aromatic N) is 1. The predicted molar refractivity (Wildman–Crippen MR) is 83.3 cm³/mol. The zero-order valence-electron chi connectivity index (χ0n) is 13.2. The van der Waals surface area contributed by atoms with Crippen LogP contribution in [0.25, 0.3) is 0 Å². The normalized spacial score (nSPS) is 34.2. The lowest BCUT2D eigenvalue weighted by Gasteiger charge is -2.35. The van der Waals surface area contributed by atoms with Crippen LogP contribution in [0.3, 0.4) is 0 Å². The van der Waals surface area contributed by atoms with Gasteiger partial charge in [-0.2, -0.15) is 0 Å². The van der Waals surface area contributed by atoms with Gasteiger partial charge in [-0.1, -0.05) is 12.8 Å². The first-order chi connectivity index (χ1) is 9.72. The fraction of sp³-hybridized carbons (Fsp3) is 1.00. The third kappa shape index (κ3) is 5.45. The highest BCUT2D eigenvalue weighted by Gasteiger charge is 2.35. The molecule has 0 aromatic rings. The summed E-state index contributed by atoms with van der Waals surface area (Å²) in [5.74, 6) is 0. The molecule has 0 amide bonds. The third-order valence-electron chi connectivity index (χ3n) is 4.25. The SMILES string of the molecule is CCO[Si]1(C)CCCOCC(CN2CCCCCC2)O1. The molecule has 0 aromatic heterocycles. The van der Waals surface area contributed by atoms with Crippen LogP contribution in [0, 0.1) is 0 Å². The Hall–Kier alpha value is 0.0569. The molecule has 0 N–H and O–H groups in total. The van der Waals surface area contributed by atoms with Crippen molar-refractivity contribution >= 4 is 8.56 Å². The zero-order chi connectivity index (χ0) is 14.3. The predicted octanol–water partition coefficient (Wildman–Crippen LogP) is 2.78. The second kappa shape index (κ2) is 8.49. The van der Waals surface area contributed by atoms with Crippen LogP contribution in [0.2, 0.25) is 12.6 Å². The number of rotatable bonds is 4. The number of likely N-dealkylation sites (tertiary alicyclic amines) is 1. The average molecular weight is 302 g/mol. The summed E-state index contributed by atoms with van der Waals surface area (Å²) in [5, 5.41) is 0. The van der Waals surface area contributed by atoms with Gasteiger partial charge in [-0.15, -0.1) is 0 Å². The van der Waals surface area contributed by atoms with Gasteiger partial charge in [-0.05, 0) is 51.9 Å². The molecular weight excluding hydrogens is 270 g/mol. The maximum absolute atomic E-state index is 6.41. The van der Waals surface area contributed by atoms with Gasteiger partial charge in [-0.3, -0.25) is 0 Å². The Morgan fingerprint density at radius 1 is 1.15 bits per heavy atom. The van der Waals surface area contributed by atoms with Crippen LogP contribution in [0.4, 0.5) is 0 Å². The monoisotopic (exact) mass is 301 g/mol. The van der Waals surface area contributed by atoms with E-state index < -0.39 is 8.56 Å². The molecule has 2 saturated heterocycles. The topological polar surface area (TPSA) is 30.9 Å². The van der Waals surface area contributed by atoms with Crippen LogP contribution in [-0.2, 0) is 13.6 Å². The maximum Gasteiger partial charge on any atom is 0.335 e. The summed E-state index contributed by atoms with van der Waals surface area (Å²) in [6.07, 6.45) is 6.67. The summed E-state index contributed by atoms with van der Waals surface area (Å²) in [5.41, 5.74) is 0. The van der Waals surface area contributed by atoms with Crippen molar-refractivity contribution in [2.45, 2.75) is 57.7 Å². The van der Waals surface area contributed by atoms with Gasteiger partial charge in [0.15, 0.2) is 0 Å². The molecule has 2 aliphatic rings. The summed E-state index contributed by atoms with van der Waals surface area (Å²) in [6, 6.07) is 1.05. The van der Waals surface area contributed by atoms with Crippen molar-refractivity contribution in [1.29, 1.82) is 0 Å². The van der Waals surface area contributed by atoms with Crippen molar-refractivity contribution in [1.82, 2.24) is 4.90 Å². The Morgan fingerprint density at radius 2 is 1.90 bits per heavy atom. The molecule has 0 spiro atoms. The van der Waals surface area contributed by atoms with Gasteiger partial charge in [-0.25, -0.2) is 0 Å². The smallest absolute Gasteiger partial charge is 0.335 e. The van der Waals surface area contributed by atoms with E-state index in [1.54, 1.807) is 0 Å². The Labute approximate surface area is 125 Å². The highest BCUT2D eigenvalue weighted by Crippen LogP contribution is 2.22. The van der Waals surface area contributed by atoms with Crippen molar-refractivity contribution in [3.05, 3.63) is 0 Å². The Balaban J connectivity index is 1.89. The lowest BCUT2D eigenvalue weighted by Crippen LogP contribution is -2.49. The number of hydrogen-bond acceptors (Lipinski definition) is 4. The lowest BCUT2D eigenvalue weighted by atomic mass is 10.2. The van der Waals surface area contributed by atoms with Crippen molar-refractivity contribution in [2.75, 3.05) is 39.5 Å². The molecule has 0 aromatic carbocycles. The summed E-state index contributed by atoms with van der Waals surface area (Å²) in [6.45, 7) is 10.1. The molecule has 4 nitrogen and oxygen atoms in total. The third-order valence-corrected chi connectivity index (χ3v) is 7.24. The van der Waals surface area contributed by atoms with Gasteiger partial charge in [0.1, 0.15) is 0 Å². The molecule has 0 radical (unpaired) electrons. The standard InChI is InChI=1S/C15H31NO3Si/c1-3-18-20(2)12-8-11-17-14-15(19-20)13-16-9-6-4-5-7-10-16/h15H,3-14H2,1-2H3. The van der Waals surface area contributed by atoms with Gasteiger partial charge in [0, 0.05) is 19.8 Å². The van der Waals surface area contributed by atoms with Crippen LogP contribution in [0.5, 0.6) is 0 Å². The van der Waals surface area contributed by atoms with Crippen molar-refractivity contribution in [2.24, 2.45) is 0 Å². The summed E-state index contributed by atoms with van der Waals surface area (Å²) >= 11 is 0. The molecule has 0 saturated carbocycles. The molecule has 2 atom stereocenters. The zero-order valence-corrected chi connectivity index (χ0v) is 14.2. The van der Waals surface area contributed by atoms with Gasteiger partial charge >= 0.3 is 8.56 Å². The van der Waals surface area contributed by atoms with Crippen LogP contribution in [-0.4, -0.2) is 59.0 Å². The van der Waals surface area contributed by atoms with E-state index in [4.69, 9.17) is 13.6 Å². The highest BCUT2D eigenvalue weighted by atomic mass is 28.4. The van der Waals surface area contributed by atoms with Crippen molar-refractivity contribution < 1.29 is 13.6 Å². The van der Waals surface area contributed by atoms with Crippen LogP contribution in [0.15, 0.2) is 0 Å². The maximum atomic E-state index is 6.41. The number of hydrogen-bond donors (Lipinski definition) is 0. The molecular formula is C15H31NO3Si. The van der Waals surface area contributed by atoms with Gasteiger partial charge in [0.2, 0.25) is 0 Å². The van der Waals surface area contributed by atoms with Crippen LogP contribution in [0.1, 0.15) is 39.0 Å².